The molecule has 182 valence electrons. The average molecular weight is 463 g/mol. The minimum absolute atomic E-state index is 0.326. The number of nitrogens with zero attached hydrogens (tertiary/aromatic N) is 7. The van der Waals surface area contributed by atoms with E-state index >= 15 is 0 Å². The van der Waals surface area contributed by atoms with Gasteiger partial charge in [0, 0.05) is 45.1 Å². The van der Waals surface area contributed by atoms with E-state index < -0.39 is 0 Å². The monoisotopic (exact) mass is 462 g/mol. The highest BCUT2D eigenvalue weighted by Gasteiger charge is 2.27. The number of anilines is 1. The average Bonchev–Trinajstić information content (AvgIpc) is 3.21. The molecule has 0 spiro atoms. The molecule has 2 N–H and O–H groups in total. The van der Waals surface area contributed by atoms with Crippen LogP contribution in [0.2, 0.25) is 0 Å². The van der Waals surface area contributed by atoms with E-state index in [1.54, 1.807) is 0 Å². The smallest absolute Gasteiger partial charge is 0.162 e. The highest BCUT2D eigenvalue weighted by atomic mass is 15.3. The third-order valence-electron chi connectivity index (χ3n) is 7.46. The van der Waals surface area contributed by atoms with Crippen molar-refractivity contribution < 1.29 is 0 Å². The Morgan fingerprint density at radius 3 is 2.76 bits per heavy atom. The van der Waals surface area contributed by atoms with Crippen molar-refractivity contribution in [2.24, 2.45) is 5.73 Å². The molecule has 0 aromatic carbocycles. The standard InChI is InChI=1S/C26H38N8/c1-31-15-17-33(18-16-31)22-10-13-29-26-25(22)30-23(34(26)14-4-3-11-27)19-32(2)21-9-5-7-20-8-6-12-28-24(20)21/h6,8,10,12-13,21H,3-5,7,9,11,14-19,27H2,1-2H3. The van der Waals surface area contributed by atoms with Crippen LogP contribution < -0.4 is 10.6 Å². The Bertz CT molecular complexity index is 1100. The molecule has 1 aliphatic carbocycles. The minimum Gasteiger partial charge on any atom is -0.367 e. The van der Waals surface area contributed by atoms with Crippen molar-refractivity contribution in [3.05, 3.63) is 47.7 Å². The van der Waals surface area contributed by atoms with Crippen LogP contribution in [0.3, 0.4) is 0 Å². The van der Waals surface area contributed by atoms with E-state index in [2.05, 4.69) is 51.6 Å². The van der Waals surface area contributed by atoms with Crippen molar-refractivity contribution in [1.29, 1.82) is 0 Å². The largest absolute Gasteiger partial charge is 0.367 e. The maximum atomic E-state index is 5.81. The number of hydrogen-bond acceptors (Lipinski definition) is 7. The van der Waals surface area contributed by atoms with E-state index in [9.17, 15) is 0 Å². The lowest BCUT2D eigenvalue weighted by Crippen LogP contribution is -2.44. The van der Waals surface area contributed by atoms with Gasteiger partial charge in [-0.05, 0) is 70.4 Å². The van der Waals surface area contributed by atoms with Gasteiger partial charge in [0.1, 0.15) is 11.3 Å². The molecule has 0 radical (unpaired) electrons. The van der Waals surface area contributed by atoms with E-state index in [1.165, 1.54) is 23.4 Å². The zero-order chi connectivity index (χ0) is 23.5. The third kappa shape index (κ3) is 4.67. The fourth-order valence-corrected chi connectivity index (χ4v) is 5.47. The van der Waals surface area contributed by atoms with Gasteiger partial charge >= 0.3 is 0 Å². The number of likely N-dealkylation sites (N-methyl/N-ethyl adjacent to an activating group) is 1. The molecular weight excluding hydrogens is 424 g/mol. The van der Waals surface area contributed by atoms with Gasteiger partial charge < -0.3 is 20.1 Å². The number of aromatic nitrogens is 4. The third-order valence-corrected chi connectivity index (χ3v) is 7.46. The summed E-state index contributed by atoms with van der Waals surface area (Å²) in [6, 6.07) is 6.76. The van der Waals surface area contributed by atoms with Crippen molar-refractivity contribution in [3.8, 4) is 0 Å². The fourth-order valence-electron chi connectivity index (χ4n) is 5.47. The number of unbranched alkanes of at least 4 members (excludes halogenated alkanes) is 1. The second-order valence-corrected chi connectivity index (χ2v) is 9.84. The number of imidazole rings is 1. The van der Waals surface area contributed by atoms with Crippen molar-refractivity contribution in [2.45, 2.75) is 51.2 Å². The number of rotatable bonds is 8. The summed E-state index contributed by atoms with van der Waals surface area (Å²) in [6.07, 6.45) is 9.39. The van der Waals surface area contributed by atoms with Crippen molar-refractivity contribution >= 4 is 16.9 Å². The van der Waals surface area contributed by atoms with Crippen LogP contribution in [-0.4, -0.2) is 76.1 Å². The Morgan fingerprint density at radius 2 is 1.94 bits per heavy atom. The first-order valence-electron chi connectivity index (χ1n) is 12.8. The Balaban J connectivity index is 1.47. The van der Waals surface area contributed by atoms with E-state index in [0.717, 1.165) is 81.9 Å². The van der Waals surface area contributed by atoms with Gasteiger partial charge in [0.15, 0.2) is 5.65 Å². The summed E-state index contributed by atoms with van der Waals surface area (Å²) in [6.45, 7) is 6.59. The van der Waals surface area contributed by atoms with Gasteiger partial charge in [0.05, 0.1) is 24.0 Å². The molecule has 1 unspecified atom stereocenters. The van der Waals surface area contributed by atoms with E-state index in [-0.39, 0.29) is 0 Å². The van der Waals surface area contributed by atoms with E-state index in [1.807, 2.05) is 12.4 Å². The molecule has 1 aliphatic heterocycles. The van der Waals surface area contributed by atoms with E-state index in [0.29, 0.717) is 12.6 Å². The van der Waals surface area contributed by atoms with Crippen LogP contribution >= 0.6 is 0 Å². The summed E-state index contributed by atoms with van der Waals surface area (Å²) < 4.78 is 2.34. The zero-order valence-electron chi connectivity index (χ0n) is 20.7. The van der Waals surface area contributed by atoms with Crippen molar-refractivity contribution in [2.75, 3.05) is 51.7 Å². The van der Waals surface area contributed by atoms with Gasteiger partial charge in [-0.1, -0.05) is 6.07 Å². The Hall–Kier alpha value is -2.55. The van der Waals surface area contributed by atoms with Crippen LogP contribution in [-0.2, 0) is 19.5 Å². The molecule has 0 bridgehead atoms. The van der Waals surface area contributed by atoms with Crippen molar-refractivity contribution in [1.82, 2.24) is 29.3 Å². The molecule has 1 fully saturated rings. The molecule has 3 aromatic rings. The predicted molar refractivity (Wildman–Crippen MR) is 137 cm³/mol. The summed E-state index contributed by atoms with van der Waals surface area (Å²) in [4.78, 5) is 22.1. The lowest BCUT2D eigenvalue weighted by Gasteiger charge is -2.34. The maximum absolute atomic E-state index is 5.81. The molecule has 0 amide bonds. The Kier molecular flexibility index (Phi) is 7.08. The summed E-state index contributed by atoms with van der Waals surface area (Å²) >= 11 is 0. The second-order valence-electron chi connectivity index (χ2n) is 9.84. The first-order chi connectivity index (χ1) is 16.7. The highest BCUT2D eigenvalue weighted by molar-refractivity contribution is 5.86. The van der Waals surface area contributed by atoms with Gasteiger partial charge in [0.25, 0.3) is 0 Å². The molecule has 1 saturated heterocycles. The normalized spacial score (nSPS) is 19.2. The SMILES string of the molecule is CN1CCN(c2ccnc3c2nc(CN(C)C2CCCc4cccnc42)n3CCCCN)CC1. The molecule has 2 aliphatic rings. The lowest BCUT2D eigenvalue weighted by molar-refractivity contribution is 0.201. The number of piperazine rings is 1. The van der Waals surface area contributed by atoms with Crippen molar-refractivity contribution in [3.63, 3.8) is 0 Å². The topological polar surface area (TPSA) is 79.3 Å². The van der Waals surface area contributed by atoms with Crippen LogP contribution in [0, 0.1) is 0 Å². The van der Waals surface area contributed by atoms with Crippen LogP contribution in [0.25, 0.3) is 11.2 Å². The fraction of sp³-hybridized carbons (Fsp3) is 0.577. The van der Waals surface area contributed by atoms with Crippen LogP contribution in [0.1, 0.15) is 48.8 Å². The minimum atomic E-state index is 0.326. The first-order valence-corrected chi connectivity index (χ1v) is 12.8. The molecule has 5 rings (SSSR count). The summed E-state index contributed by atoms with van der Waals surface area (Å²) in [5.41, 5.74) is 11.7. The first kappa shape index (κ1) is 23.2. The molecule has 8 heteroatoms. The van der Waals surface area contributed by atoms with Crippen LogP contribution in [0.5, 0.6) is 0 Å². The van der Waals surface area contributed by atoms with Gasteiger partial charge in [-0.25, -0.2) is 9.97 Å². The van der Waals surface area contributed by atoms with Gasteiger partial charge in [-0.15, -0.1) is 0 Å². The van der Waals surface area contributed by atoms with Gasteiger partial charge in [-0.2, -0.15) is 0 Å². The van der Waals surface area contributed by atoms with Crippen LogP contribution in [0.4, 0.5) is 5.69 Å². The lowest BCUT2D eigenvalue weighted by atomic mass is 9.91. The Labute approximate surface area is 202 Å². The quantitative estimate of drug-likeness (QED) is 0.516. The van der Waals surface area contributed by atoms with Crippen LogP contribution in [0.15, 0.2) is 30.6 Å². The second kappa shape index (κ2) is 10.4. The molecule has 3 aromatic heterocycles. The number of aryl methyl sites for hydroxylation is 2. The maximum Gasteiger partial charge on any atom is 0.162 e. The number of hydrogen-bond donors (Lipinski definition) is 1. The summed E-state index contributed by atoms with van der Waals surface area (Å²) in [7, 11) is 4.41. The van der Waals surface area contributed by atoms with E-state index in [4.69, 9.17) is 20.7 Å². The molecule has 1 atom stereocenters. The number of pyridine rings is 2. The molecule has 4 heterocycles. The number of fused-ring (bicyclic) bond motifs is 2. The molecule has 34 heavy (non-hydrogen) atoms. The van der Waals surface area contributed by atoms with Gasteiger partial charge in [-0.3, -0.25) is 9.88 Å². The number of nitrogens with two attached hydrogens (primary N) is 1. The zero-order valence-corrected chi connectivity index (χ0v) is 20.7. The molecule has 0 saturated carbocycles. The summed E-state index contributed by atoms with van der Waals surface area (Å²) in [5, 5.41) is 0. The predicted octanol–water partition coefficient (Wildman–Crippen LogP) is 2.83. The highest BCUT2D eigenvalue weighted by Crippen LogP contribution is 2.33. The Morgan fingerprint density at radius 1 is 1.09 bits per heavy atom. The van der Waals surface area contributed by atoms with Gasteiger partial charge in [0.2, 0.25) is 0 Å². The molecule has 8 nitrogen and oxygen atoms in total. The molecular formula is C26H38N8. The summed E-state index contributed by atoms with van der Waals surface area (Å²) in [5.74, 6) is 1.09.